The van der Waals surface area contributed by atoms with E-state index in [0.717, 1.165) is 27.8 Å². The number of carbonyl (C=O) groups excluding carboxylic acids is 3. The Hall–Kier alpha value is -3.77. The molecule has 216 valence electrons. The van der Waals surface area contributed by atoms with Crippen molar-refractivity contribution < 1.29 is 19.5 Å². The lowest BCUT2D eigenvalue weighted by molar-refractivity contribution is -0.150. The first kappa shape index (κ1) is 30.2. The zero-order chi connectivity index (χ0) is 30.3. The second-order valence-corrected chi connectivity index (χ2v) is 13.0. The molecule has 4 rings (SSSR count). The van der Waals surface area contributed by atoms with E-state index in [1.807, 2.05) is 88.4 Å². The maximum Gasteiger partial charge on any atom is 0.235 e. The SMILES string of the molecule is Cc1ccc(NC(=O)C2C(=O)CC(C)(O)C(C(=O)Nc3ccc(C)cc3C)C2c2ccc(C(C)(C)C)cc2)c(C)c1. The van der Waals surface area contributed by atoms with Crippen LogP contribution in [0.25, 0.3) is 0 Å². The van der Waals surface area contributed by atoms with Crippen molar-refractivity contribution in [3.63, 3.8) is 0 Å². The number of rotatable bonds is 5. The van der Waals surface area contributed by atoms with Crippen molar-refractivity contribution >= 4 is 29.0 Å². The Morgan fingerprint density at radius 1 is 0.805 bits per heavy atom. The van der Waals surface area contributed by atoms with E-state index in [1.54, 1.807) is 0 Å². The summed E-state index contributed by atoms with van der Waals surface area (Å²) in [5, 5.41) is 17.6. The highest BCUT2D eigenvalue weighted by Crippen LogP contribution is 2.47. The van der Waals surface area contributed by atoms with Gasteiger partial charge in [-0.3, -0.25) is 14.4 Å². The summed E-state index contributed by atoms with van der Waals surface area (Å²) in [6.07, 6.45) is -0.306. The van der Waals surface area contributed by atoms with E-state index in [4.69, 9.17) is 0 Å². The van der Waals surface area contributed by atoms with E-state index in [-0.39, 0.29) is 11.8 Å². The van der Waals surface area contributed by atoms with Crippen LogP contribution in [0.1, 0.15) is 73.4 Å². The minimum absolute atomic E-state index is 0.105. The zero-order valence-corrected chi connectivity index (χ0v) is 25.4. The average molecular weight is 555 g/mol. The second kappa shape index (κ2) is 11.2. The molecule has 0 radical (unpaired) electrons. The van der Waals surface area contributed by atoms with Gasteiger partial charge in [-0.05, 0) is 74.4 Å². The van der Waals surface area contributed by atoms with Gasteiger partial charge in [0.15, 0.2) is 0 Å². The fourth-order valence-electron chi connectivity index (χ4n) is 6.03. The number of Topliss-reactive ketones (excluding diaryl/α,β-unsaturated/α-hetero) is 1. The quantitative estimate of drug-likeness (QED) is 0.312. The highest BCUT2D eigenvalue weighted by molar-refractivity contribution is 6.10. The van der Waals surface area contributed by atoms with Crippen molar-refractivity contribution in [2.75, 3.05) is 10.6 Å². The molecule has 0 aromatic heterocycles. The Bertz CT molecular complexity index is 1480. The standard InChI is InChI=1S/C35H42N2O4/c1-20-9-15-26(22(3)17-20)36-32(39)30-28(38)19-35(8,41)31(33(40)37-27-16-10-21(2)18-23(27)4)29(30)24-11-13-25(14-12-24)34(5,6)7/h9-18,29-31,41H,19H2,1-8H3,(H,36,39)(H,37,40). The fraction of sp³-hybridized carbons (Fsp3) is 0.400. The monoisotopic (exact) mass is 554 g/mol. The summed E-state index contributed by atoms with van der Waals surface area (Å²) < 4.78 is 0. The molecule has 4 unspecified atom stereocenters. The van der Waals surface area contributed by atoms with Crippen molar-refractivity contribution in [2.45, 2.75) is 78.7 Å². The van der Waals surface area contributed by atoms with E-state index in [0.29, 0.717) is 16.9 Å². The summed E-state index contributed by atoms with van der Waals surface area (Å²) in [6, 6.07) is 19.1. The molecule has 3 aromatic rings. The third-order valence-corrected chi connectivity index (χ3v) is 8.27. The van der Waals surface area contributed by atoms with Crippen LogP contribution >= 0.6 is 0 Å². The molecular formula is C35H42N2O4. The van der Waals surface area contributed by atoms with E-state index in [1.165, 1.54) is 6.92 Å². The van der Waals surface area contributed by atoms with Crippen LogP contribution in [-0.4, -0.2) is 28.3 Å². The third-order valence-electron chi connectivity index (χ3n) is 8.27. The number of ketones is 1. The summed E-state index contributed by atoms with van der Waals surface area (Å²) in [5.74, 6) is -4.40. The first-order valence-corrected chi connectivity index (χ1v) is 14.2. The lowest BCUT2D eigenvalue weighted by Crippen LogP contribution is -2.56. The lowest BCUT2D eigenvalue weighted by Gasteiger charge is -2.44. The molecular weight excluding hydrogens is 512 g/mol. The van der Waals surface area contributed by atoms with E-state index >= 15 is 0 Å². The molecule has 3 aromatic carbocycles. The molecule has 3 N–H and O–H groups in total. The molecule has 6 heteroatoms. The van der Waals surface area contributed by atoms with Gasteiger partial charge in [0.2, 0.25) is 11.8 Å². The molecule has 0 heterocycles. The Labute approximate surface area is 243 Å². The topological polar surface area (TPSA) is 95.5 Å². The Kier molecular flexibility index (Phi) is 8.28. The Morgan fingerprint density at radius 2 is 1.29 bits per heavy atom. The zero-order valence-electron chi connectivity index (χ0n) is 25.4. The van der Waals surface area contributed by atoms with Crippen LogP contribution in [0.15, 0.2) is 60.7 Å². The molecule has 0 bridgehead atoms. The molecule has 6 nitrogen and oxygen atoms in total. The predicted molar refractivity (Wildman–Crippen MR) is 164 cm³/mol. The summed E-state index contributed by atoms with van der Waals surface area (Å²) in [4.78, 5) is 41.6. The number of amides is 2. The van der Waals surface area contributed by atoms with Crippen molar-refractivity contribution in [3.8, 4) is 0 Å². The van der Waals surface area contributed by atoms with Crippen molar-refractivity contribution in [1.82, 2.24) is 0 Å². The van der Waals surface area contributed by atoms with Crippen LogP contribution in [0, 0.1) is 39.5 Å². The summed E-state index contributed by atoms with van der Waals surface area (Å²) in [6.45, 7) is 15.6. The molecule has 1 aliphatic rings. The number of benzene rings is 3. The fourth-order valence-corrected chi connectivity index (χ4v) is 6.03. The molecule has 4 atom stereocenters. The molecule has 0 saturated heterocycles. The molecule has 1 saturated carbocycles. The van der Waals surface area contributed by atoms with Crippen molar-refractivity contribution in [1.29, 1.82) is 0 Å². The largest absolute Gasteiger partial charge is 0.389 e. The van der Waals surface area contributed by atoms with Gasteiger partial charge >= 0.3 is 0 Å². The van der Waals surface area contributed by atoms with Gasteiger partial charge in [0.05, 0.1) is 11.5 Å². The first-order chi connectivity index (χ1) is 19.1. The third kappa shape index (κ3) is 6.43. The highest BCUT2D eigenvalue weighted by Gasteiger charge is 2.56. The molecule has 0 aliphatic heterocycles. The van der Waals surface area contributed by atoms with Gasteiger partial charge in [-0.1, -0.05) is 80.4 Å². The van der Waals surface area contributed by atoms with Gasteiger partial charge in [0.1, 0.15) is 11.7 Å². The smallest absolute Gasteiger partial charge is 0.235 e. The minimum Gasteiger partial charge on any atom is -0.389 e. The minimum atomic E-state index is -1.66. The van der Waals surface area contributed by atoms with Gasteiger partial charge in [-0.25, -0.2) is 0 Å². The average Bonchev–Trinajstić information content (AvgIpc) is 2.85. The number of hydrogen-bond donors (Lipinski definition) is 3. The van der Waals surface area contributed by atoms with E-state index < -0.39 is 41.0 Å². The Morgan fingerprint density at radius 3 is 1.76 bits per heavy atom. The predicted octanol–water partition coefficient (Wildman–Crippen LogP) is 6.53. The van der Waals surface area contributed by atoms with Gasteiger partial charge < -0.3 is 15.7 Å². The number of nitrogens with one attached hydrogen (secondary N) is 2. The van der Waals surface area contributed by atoms with Crippen LogP contribution in [-0.2, 0) is 19.8 Å². The maximum absolute atomic E-state index is 14.0. The Balaban J connectivity index is 1.80. The van der Waals surface area contributed by atoms with E-state index in [9.17, 15) is 19.5 Å². The normalized spacial score (nSPS) is 22.8. The highest BCUT2D eigenvalue weighted by atomic mass is 16.3. The first-order valence-electron chi connectivity index (χ1n) is 14.2. The van der Waals surface area contributed by atoms with Crippen LogP contribution in [0.4, 0.5) is 11.4 Å². The molecule has 1 fully saturated rings. The maximum atomic E-state index is 14.0. The number of aryl methyl sites for hydroxylation is 4. The number of hydrogen-bond acceptors (Lipinski definition) is 4. The van der Waals surface area contributed by atoms with Gasteiger partial charge in [0, 0.05) is 23.7 Å². The molecule has 1 aliphatic carbocycles. The van der Waals surface area contributed by atoms with Crippen LogP contribution < -0.4 is 10.6 Å². The van der Waals surface area contributed by atoms with Crippen LogP contribution in [0.2, 0.25) is 0 Å². The number of carbonyl (C=O) groups is 3. The van der Waals surface area contributed by atoms with Crippen LogP contribution in [0.3, 0.4) is 0 Å². The van der Waals surface area contributed by atoms with Crippen molar-refractivity contribution in [2.24, 2.45) is 11.8 Å². The molecule has 2 amide bonds. The summed E-state index contributed by atoms with van der Waals surface area (Å²) in [5.41, 5.74) is 5.12. The van der Waals surface area contributed by atoms with Gasteiger partial charge in [0.25, 0.3) is 0 Å². The lowest BCUT2D eigenvalue weighted by atomic mass is 9.61. The van der Waals surface area contributed by atoms with Crippen molar-refractivity contribution in [3.05, 3.63) is 94.0 Å². The number of aliphatic hydroxyl groups is 1. The summed E-state index contributed by atoms with van der Waals surface area (Å²) in [7, 11) is 0. The van der Waals surface area contributed by atoms with E-state index in [2.05, 4.69) is 31.4 Å². The van der Waals surface area contributed by atoms with Crippen LogP contribution in [0.5, 0.6) is 0 Å². The van der Waals surface area contributed by atoms with Gasteiger partial charge in [-0.15, -0.1) is 0 Å². The second-order valence-electron chi connectivity index (χ2n) is 13.0. The number of anilines is 2. The molecule has 41 heavy (non-hydrogen) atoms. The van der Waals surface area contributed by atoms with Gasteiger partial charge in [-0.2, -0.15) is 0 Å². The summed E-state index contributed by atoms with van der Waals surface area (Å²) >= 11 is 0. The molecule has 0 spiro atoms.